The summed E-state index contributed by atoms with van der Waals surface area (Å²) in [6, 6.07) is -1.89. The fourth-order valence-electron chi connectivity index (χ4n) is 3.30. The first-order valence-electron chi connectivity index (χ1n) is 9.79. The number of amides is 3. The summed E-state index contributed by atoms with van der Waals surface area (Å²) in [7, 11) is 0. The van der Waals surface area contributed by atoms with Crippen LogP contribution < -0.4 is 16.0 Å². The van der Waals surface area contributed by atoms with Gasteiger partial charge in [-0.25, -0.2) is 9.59 Å². The van der Waals surface area contributed by atoms with Crippen molar-refractivity contribution >= 4 is 17.9 Å². The zero-order valence-corrected chi connectivity index (χ0v) is 16.5. The number of nitrogens with one attached hydrogen (secondary N) is 3. The maximum atomic E-state index is 12.6. The van der Waals surface area contributed by atoms with E-state index in [1.54, 1.807) is 0 Å². The highest BCUT2D eigenvalue weighted by molar-refractivity contribution is 5.90. The largest absolute Gasteiger partial charge is 0.480 e. The van der Waals surface area contributed by atoms with E-state index in [1.807, 2.05) is 27.7 Å². The van der Waals surface area contributed by atoms with Crippen molar-refractivity contribution in [2.24, 2.45) is 11.8 Å². The molecule has 0 aliphatic heterocycles. The average molecular weight is 370 g/mol. The van der Waals surface area contributed by atoms with E-state index in [-0.39, 0.29) is 23.9 Å². The van der Waals surface area contributed by atoms with Crippen LogP contribution in [0.4, 0.5) is 4.79 Å². The minimum Gasteiger partial charge on any atom is -0.480 e. The predicted octanol–water partition coefficient (Wildman–Crippen LogP) is 2.65. The van der Waals surface area contributed by atoms with Gasteiger partial charge in [-0.15, -0.1) is 0 Å². The molecule has 0 aromatic rings. The van der Waals surface area contributed by atoms with Gasteiger partial charge in [0.15, 0.2) is 0 Å². The Morgan fingerprint density at radius 3 is 1.92 bits per heavy atom. The Morgan fingerprint density at radius 2 is 1.42 bits per heavy atom. The lowest BCUT2D eigenvalue weighted by molar-refractivity contribution is -0.142. The quantitative estimate of drug-likeness (QED) is 0.501. The van der Waals surface area contributed by atoms with Crippen molar-refractivity contribution < 1.29 is 19.5 Å². The topological polar surface area (TPSA) is 108 Å². The molecule has 1 aliphatic carbocycles. The van der Waals surface area contributed by atoms with E-state index in [9.17, 15) is 19.5 Å². The molecule has 1 rings (SSSR count). The first-order valence-corrected chi connectivity index (χ1v) is 9.79. The molecule has 2 atom stereocenters. The van der Waals surface area contributed by atoms with Crippen LogP contribution in [0, 0.1) is 11.8 Å². The zero-order valence-electron chi connectivity index (χ0n) is 16.5. The number of carboxylic acids is 1. The Hall–Kier alpha value is -1.79. The van der Waals surface area contributed by atoms with E-state index in [1.165, 1.54) is 6.42 Å². The predicted molar refractivity (Wildman–Crippen MR) is 101 cm³/mol. The molecule has 1 aliphatic rings. The van der Waals surface area contributed by atoms with E-state index in [2.05, 4.69) is 16.0 Å². The van der Waals surface area contributed by atoms with Crippen molar-refractivity contribution in [1.29, 1.82) is 0 Å². The summed E-state index contributed by atoms with van der Waals surface area (Å²) in [6.45, 7) is 7.74. The first kappa shape index (κ1) is 22.3. The summed E-state index contributed by atoms with van der Waals surface area (Å²) in [5, 5.41) is 17.6. The lowest BCUT2D eigenvalue weighted by atomic mass is 9.96. The molecule has 0 aromatic carbocycles. The van der Waals surface area contributed by atoms with Gasteiger partial charge < -0.3 is 21.1 Å². The van der Waals surface area contributed by atoms with Crippen LogP contribution >= 0.6 is 0 Å². The summed E-state index contributed by atoms with van der Waals surface area (Å²) in [5.41, 5.74) is 0. The summed E-state index contributed by atoms with van der Waals surface area (Å²) in [5.74, 6) is -1.16. The number of urea groups is 1. The Morgan fingerprint density at radius 1 is 0.885 bits per heavy atom. The Kier molecular flexibility index (Phi) is 9.44. The van der Waals surface area contributed by atoms with Crippen LogP contribution in [-0.2, 0) is 9.59 Å². The number of carboxylic acid groups (broad SMARTS) is 1. The molecule has 3 amide bonds. The van der Waals surface area contributed by atoms with Crippen LogP contribution in [0.2, 0.25) is 0 Å². The van der Waals surface area contributed by atoms with Crippen molar-refractivity contribution in [3.63, 3.8) is 0 Å². The summed E-state index contributed by atoms with van der Waals surface area (Å²) in [4.78, 5) is 36.3. The molecule has 150 valence electrons. The van der Waals surface area contributed by atoms with Gasteiger partial charge in [-0.2, -0.15) is 0 Å². The maximum Gasteiger partial charge on any atom is 0.326 e. The Balaban J connectivity index is 2.66. The number of rotatable bonds is 9. The maximum absolute atomic E-state index is 12.6. The molecule has 0 heterocycles. The minimum atomic E-state index is -1.05. The second kappa shape index (κ2) is 11.0. The average Bonchev–Trinajstić information content (AvgIpc) is 2.53. The van der Waals surface area contributed by atoms with Gasteiger partial charge in [-0.1, -0.05) is 47.0 Å². The SMILES string of the molecule is CC(C)C[C@H](NC(=O)[C@H](CC(C)C)NC(=O)NC1CCCCC1)C(=O)O. The van der Waals surface area contributed by atoms with Gasteiger partial charge in [-0.3, -0.25) is 4.79 Å². The highest BCUT2D eigenvalue weighted by Crippen LogP contribution is 2.17. The third kappa shape index (κ3) is 8.54. The van der Waals surface area contributed by atoms with Crippen molar-refractivity contribution in [2.45, 2.75) is 90.8 Å². The molecule has 4 N–H and O–H groups in total. The molecule has 0 unspecified atom stereocenters. The fourth-order valence-corrected chi connectivity index (χ4v) is 3.30. The molecule has 26 heavy (non-hydrogen) atoms. The second-order valence-corrected chi connectivity index (χ2v) is 8.16. The van der Waals surface area contributed by atoms with Crippen LogP contribution in [0.3, 0.4) is 0 Å². The van der Waals surface area contributed by atoms with Crippen LogP contribution in [0.15, 0.2) is 0 Å². The summed E-state index contributed by atoms with van der Waals surface area (Å²) >= 11 is 0. The number of aliphatic carboxylic acids is 1. The van der Waals surface area contributed by atoms with Crippen LogP contribution in [0.5, 0.6) is 0 Å². The van der Waals surface area contributed by atoms with Crippen LogP contribution in [0.25, 0.3) is 0 Å². The van der Waals surface area contributed by atoms with Gasteiger partial charge in [0.1, 0.15) is 12.1 Å². The minimum absolute atomic E-state index is 0.141. The second-order valence-electron chi connectivity index (χ2n) is 8.16. The molecule has 7 nitrogen and oxygen atoms in total. The Bertz CT molecular complexity index is 473. The van der Waals surface area contributed by atoms with Gasteiger partial charge in [0, 0.05) is 6.04 Å². The standard InChI is InChI=1S/C19H35N3O4/c1-12(2)10-15(17(23)21-16(18(24)25)11-13(3)4)22-19(26)20-14-8-6-5-7-9-14/h12-16H,5-11H2,1-4H3,(H,21,23)(H,24,25)(H2,20,22,26)/t15-,16-/m0/s1. The van der Waals surface area contributed by atoms with E-state index in [0.29, 0.717) is 12.8 Å². The highest BCUT2D eigenvalue weighted by Gasteiger charge is 2.28. The number of hydrogen-bond acceptors (Lipinski definition) is 3. The van der Waals surface area contributed by atoms with Crippen LogP contribution in [0.1, 0.15) is 72.6 Å². The number of hydrogen-bond donors (Lipinski definition) is 4. The first-order chi connectivity index (χ1) is 12.2. The molecule has 0 aromatic heterocycles. The van der Waals surface area contributed by atoms with Crippen molar-refractivity contribution in [3.8, 4) is 0 Å². The fraction of sp³-hybridized carbons (Fsp3) is 0.842. The van der Waals surface area contributed by atoms with Gasteiger partial charge in [0.2, 0.25) is 5.91 Å². The number of carbonyl (C=O) groups excluding carboxylic acids is 2. The van der Waals surface area contributed by atoms with E-state index in [4.69, 9.17) is 0 Å². The van der Waals surface area contributed by atoms with E-state index >= 15 is 0 Å². The smallest absolute Gasteiger partial charge is 0.326 e. The lowest BCUT2D eigenvalue weighted by Gasteiger charge is -2.26. The third-order valence-electron chi connectivity index (χ3n) is 4.59. The monoisotopic (exact) mass is 369 g/mol. The van der Waals surface area contributed by atoms with E-state index in [0.717, 1.165) is 25.7 Å². The van der Waals surface area contributed by atoms with Gasteiger partial charge in [-0.05, 0) is 37.5 Å². The Labute approximate surface area is 156 Å². The van der Waals surface area contributed by atoms with Gasteiger partial charge in [0.25, 0.3) is 0 Å². The molecule has 0 bridgehead atoms. The zero-order chi connectivity index (χ0) is 19.7. The molecule has 0 saturated heterocycles. The number of carbonyl (C=O) groups is 3. The molecule has 7 heteroatoms. The molecule has 1 saturated carbocycles. The molecular formula is C19H35N3O4. The van der Waals surface area contributed by atoms with E-state index < -0.39 is 24.0 Å². The normalized spacial score (nSPS) is 17.6. The third-order valence-corrected chi connectivity index (χ3v) is 4.59. The summed E-state index contributed by atoms with van der Waals surface area (Å²) in [6.07, 6.45) is 6.15. The van der Waals surface area contributed by atoms with Gasteiger partial charge in [0.05, 0.1) is 0 Å². The lowest BCUT2D eigenvalue weighted by Crippen LogP contribution is -2.55. The van der Waals surface area contributed by atoms with Crippen molar-refractivity contribution in [3.05, 3.63) is 0 Å². The van der Waals surface area contributed by atoms with Crippen molar-refractivity contribution in [2.75, 3.05) is 0 Å². The van der Waals surface area contributed by atoms with Gasteiger partial charge >= 0.3 is 12.0 Å². The van der Waals surface area contributed by atoms with Crippen LogP contribution in [-0.4, -0.2) is 41.1 Å². The molecule has 0 spiro atoms. The molecule has 0 radical (unpaired) electrons. The molecular weight excluding hydrogens is 334 g/mol. The summed E-state index contributed by atoms with van der Waals surface area (Å²) < 4.78 is 0. The van der Waals surface area contributed by atoms with Crippen molar-refractivity contribution in [1.82, 2.24) is 16.0 Å². The highest BCUT2D eigenvalue weighted by atomic mass is 16.4. The molecule has 1 fully saturated rings.